The molecule has 0 aliphatic carbocycles. The van der Waals surface area contributed by atoms with E-state index in [4.69, 9.17) is 11.6 Å². The predicted octanol–water partition coefficient (Wildman–Crippen LogP) is 2.90. The minimum atomic E-state index is -2.19. The number of carboxylic acid groups (broad SMARTS) is 1. The van der Waals surface area contributed by atoms with Crippen LogP contribution in [-0.2, 0) is 83.2 Å². The van der Waals surface area contributed by atoms with Crippen molar-refractivity contribution in [2.45, 2.75) is 179 Å². The summed E-state index contributed by atoms with van der Waals surface area (Å²) >= 11 is 6.24. The number of nitrogens with one attached hydrogen (secondary N) is 12. The van der Waals surface area contributed by atoms with Gasteiger partial charge in [-0.25, -0.2) is 0 Å². The Morgan fingerprint density at radius 2 is 1.06 bits per heavy atom. The number of aliphatic carboxylic acids is 1. The number of rotatable bonds is 39. The largest absolute Gasteiger partial charge is 0.508 e. The number of nitrogens with zero attached hydrogens (tertiary/aromatic N) is 2. The zero-order valence-electron chi connectivity index (χ0n) is 61.8. The molecule has 7 rings (SSSR count). The van der Waals surface area contributed by atoms with Gasteiger partial charge in [-0.05, 0) is 146 Å². The summed E-state index contributed by atoms with van der Waals surface area (Å²) in [5.41, 5.74) is 2.18. The van der Waals surface area contributed by atoms with Crippen LogP contribution in [0.4, 0.5) is 5.69 Å². The smallest absolute Gasteiger partial charge is 0.325 e. The summed E-state index contributed by atoms with van der Waals surface area (Å²) in [4.78, 5) is 188. The number of aromatic nitrogens is 1. The molecule has 582 valence electrons. The van der Waals surface area contributed by atoms with Crippen molar-refractivity contribution < 1.29 is 77.6 Å². The molecule has 0 bridgehead atoms. The second-order valence-corrected chi connectivity index (χ2v) is 28.1. The Bertz CT molecular complexity index is 4170. The number of anilines is 1. The van der Waals surface area contributed by atoms with E-state index < -0.39 is 144 Å². The number of amides is 12. The fourth-order valence-electron chi connectivity index (χ4n) is 12.2. The number of aliphatic hydroxyl groups excluding tert-OH is 1. The molecule has 31 heteroatoms. The van der Waals surface area contributed by atoms with E-state index in [0.29, 0.717) is 58.8 Å². The maximum atomic E-state index is 15.1. The lowest BCUT2D eigenvalue weighted by Crippen LogP contribution is -2.64. The monoisotopic (exact) mass is 1520 g/mol. The molecule has 0 spiro atoms. The fourth-order valence-corrected chi connectivity index (χ4v) is 12.3. The van der Waals surface area contributed by atoms with Crippen LogP contribution in [0.25, 0.3) is 10.8 Å². The third kappa shape index (κ3) is 27.1. The van der Waals surface area contributed by atoms with Gasteiger partial charge < -0.3 is 84.0 Å². The molecule has 0 saturated carbocycles. The third-order valence-corrected chi connectivity index (χ3v) is 18.1. The molecule has 5 aromatic carbocycles. The lowest BCUT2D eigenvalue weighted by molar-refractivity contribution is -0.144. The lowest BCUT2D eigenvalue weighted by atomic mass is 9.99. The van der Waals surface area contributed by atoms with E-state index in [1.54, 1.807) is 50.2 Å². The van der Waals surface area contributed by atoms with E-state index in [-0.39, 0.29) is 74.8 Å². The molecule has 0 radical (unpaired) electrons. The number of fused-ring (bicyclic) bond motifs is 1. The number of phenolic OH excluding ortho intramolecular Hbond substituents is 1. The first kappa shape index (κ1) is 84.9. The summed E-state index contributed by atoms with van der Waals surface area (Å²) in [5, 5.41) is 64.7. The van der Waals surface area contributed by atoms with Gasteiger partial charge in [-0.15, -0.1) is 0 Å². The lowest BCUT2D eigenvalue weighted by Gasteiger charge is -2.31. The average molecular weight is 1520 g/mol. The molecule has 1 aliphatic rings. The highest BCUT2D eigenvalue weighted by atomic mass is 35.5. The predicted molar refractivity (Wildman–Crippen MR) is 405 cm³/mol. The Kier molecular flexibility index (Phi) is 32.4. The van der Waals surface area contributed by atoms with Crippen molar-refractivity contribution in [3.8, 4) is 5.75 Å². The summed E-state index contributed by atoms with van der Waals surface area (Å²) in [6.07, 6.45) is 1.50. The van der Waals surface area contributed by atoms with Gasteiger partial charge in [-0.3, -0.25) is 67.3 Å². The van der Waals surface area contributed by atoms with Crippen LogP contribution in [0.5, 0.6) is 5.75 Å². The van der Waals surface area contributed by atoms with Crippen molar-refractivity contribution in [1.29, 1.82) is 0 Å². The Balaban J connectivity index is 1.17. The molecular formula is C78H97ClN14O16. The number of phenols is 1. The first-order valence-corrected chi connectivity index (χ1v) is 36.5. The molecule has 1 fully saturated rings. The minimum Gasteiger partial charge on any atom is -0.508 e. The summed E-state index contributed by atoms with van der Waals surface area (Å²) < 4.78 is 0. The maximum Gasteiger partial charge on any atom is 0.325 e. The number of pyridine rings is 1. The average Bonchev–Trinajstić information content (AvgIpc) is 1.81. The first-order chi connectivity index (χ1) is 51.9. The van der Waals surface area contributed by atoms with Crippen LogP contribution in [-0.4, -0.2) is 188 Å². The minimum absolute atomic E-state index is 0.00726. The van der Waals surface area contributed by atoms with Gasteiger partial charge in [0.1, 0.15) is 60.1 Å². The molecule has 15 N–H and O–H groups in total. The molecule has 2 heterocycles. The second-order valence-electron chi connectivity index (χ2n) is 27.6. The quantitative estimate of drug-likeness (QED) is 0.0195. The van der Waals surface area contributed by atoms with Crippen molar-refractivity contribution in [1.82, 2.24) is 68.4 Å². The number of hydrogen-bond donors (Lipinski definition) is 15. The number of likely N-dealkylation sites (tertiary alicyclic amines) is 1. The molecule has 1 aliphatic heterocycles. The number of carbonyl (C=O) groups is 13. The van der Waals surface area contributed by atoms with Gasteiger partial charge in [-0.2, -0.15) is 0 Å². The van der Waals surface area contributed by atoms with E-state index in [9.17, 15) is 68.1 Å². The standard InChI is InChI=1S/C78H97ClN14O16/c1-44(2)36-60(69(99)85-59(17-10-11-34-81-45(3)4)77(107)93-35-13-18-66(93)75(105)82-46(5)78(108)109)86-72(102)63(39-50-22-29-57(30-23-50)83-47(6)95)89-76(106)67(91-68(98)54-25-31-58(97)32-26-54)92-74(104)65(43-94)90-73(103)64(41-52-14-12-33-80-42-52)88-71(101)62(38-49-20-27-56(79)28-21-49)87-70(100)61(84-48(7)96)40-51-19-24-53-15-8-9-16-55(53)37-51/h8-9,12,14-16,19-33,37,42,44-46,59-67,81,94,97H,10-11,13,17-18,34-36,38-41,43H2,1-7H3,(H,82,105)(H,83,95)(H,84,96)(H,85,99)(H,86,102)(H,87,100)(H,88,101)(H,89,106)(H,90,103)(H,91,98)(H,92,104)(H,108,109)/t46-,59+,60+,61-,62-,63-,64-,65+,66+,67?/m1/s1. The molecule has 1 unspecified atom stereocenters. The summed E-state index contributed by atoms with van der Waals surface area (Å²) in [7, 11) is 0. The van der Waals surface area contributed by atoms with Crippen LogP contribution in [0.3, 0.4) is 0 Å². The number of aliphatic hydroxyl groups is 1. The van der Waals surface area contributed by atoms with Gasteiger partial charge in [0, 0.05) is 80.8 Å². The fraction of sp³-hybridized carbons (Fsp3) is 0.410. The van der Waals surface area contributed by atoms with E-state index in [2.05, 4.69) is 68.8 Å². The molecule has 1 aromatic heterocycles. The van der Waals surface area contributed by atoms with Crippen LogP contribution in [0.15, 0.2) is 140 Å². The van der Waals surface area contributed by atoms with Gasteiger partial charge in [0.15, 0.2) is 6.17 Å². The molecule has 109 heavy (non-hydrogen) atoms. The van der Waals surface area contributed by atoms with Crippen LogP contribution in [0.2, 0.25) is 5.02 Å². The number of aromatic hydroxyl groups is 1. The van der Waals surface area contributed by atoms with Crippen LogP contribution < -0.4 is 63.8 Å². The molecular weight excluding hydrogens is 1420 g/mol. The van der Waals surface area contributed by atoms with Crippen LogP contribution in [0, 0.1) is 5.92 Å². The van der Waals surface area contributed by atoms with Crippen LogP contribution >= 0.6 is 11.6 Å². The zero-order chi connectivity index (χ0) is 79.4. The Hall–Kier alpha value is -11.4. The number of carbonyl (C=O) groups excluding carboxylic acids is 12. The Morgan fingerprint density at radius 3 is 1.63 bits per heavy atom. The van der Waals surface area contributed by atoms with E-state index in [1.165, 1.54) is 86.6 Å². The molecule has 1 saturated heterocycles. The first-order valence-electron chi connectivity index (χ1n) is 36.1. The number of halogens is 1. The maximum absolute atomic E-state index is 15.1. The van der Waals surface area contributed by atoms with Crippen molar-refractivity contribution in [2.24, 2.45) is 5.92 Å². The Morgan fingerprint density at radius 1 is 0.532 bits per heavy atom. The van der Waals surface area contributed by atoms with Gasteiger partial charge in [-0.1, -0.05) is 112 Å². The highest BCUT2D eigenvalue weighted by molar-refractivity contribution is 6.30. The molecule has 30 nitrogen and oxygen atoms in total. The summed E-state index contributed by atoms with van der Waals surface area (Å²) in [5.74, 6) is -12.3. The highest BCUT2D eigenvalue weighted by Crippen LogP contribution is 2.23. The van der Waals surface area contributed by atoms with Crippen molar-refractivity contribution in [2.75, 3.05) is 25.0 Å². The topological polar surface area (TPSA) is 443 Å². The molecule has 10 atom stereocenters. The van der Waals surface area contributed by atoms with Crippen molar-refractivity contribution >= 4 is 105 Å². The van der Waals surface area contributed by atoms with Crippen molar-refractivity contribution in [3.63, 3.8) is 0 Å². The van der Waals surface area contributed by atoms with E-state index in [0.717, 1.165) is 10.8 Å². The normalized spacial score (nSPS) is 15.0. The van der Waals surface area contributed by atoms with Gasteiger partial charge in [0.25, 0.3) is 11.8 Å². The summed E-state index contributed by atoms with van der Waals surface area (Å²) in [6.45, 7) is 10.8. The van der Waals surface area contributed by atoms with Gasteiger partial charge >= 0.3 is 5.97 Å². The Labute approximate surface area is 636 Å². The zero-order valence-corrected chi connectivity index (χ0v) is 62.6. The third-order valence-electron chi connectivity index (χ3n) is 17.8. The number of benzene rings is 5. The van der Waals surface area contributed by atoms with E-state index >= 15 is 9.59 Å². The SMILES string of the molecule is CC(=O)Nc1ccc(C[C@@H](NC(=O)C(NC(=O)c2ccc(O)cc2)NC(=O)[C@H](CO)NC(=O)[C@@H](Cc2cccnc2)NC(=O)[C@@H](Cc2ccc(Cl)cc2)NC(=O)[C@@H](Cc2ccc3ccccc3c2)NC(C)=O)C(=O)N[C@@H](CC(C)C)C(=O)N[C@@H](CCCCNC(C)C)C(=O)N2CCC[C@H]2C(=O)N[C@H](C)C(=O)O)cc1. The van der Waals surface area contributed by atoms with Crippen molar-refractivity contribution in [3.05, 3.63) is 173 Å². The number of carboxylic acids is 1. The highest BCUT2D eigenvalue weighted by Gasteiger charge is 2.41. The summed E-state index contributed by atoms with van der Waals surface area (Å²) in [6, 6.07) is 20.7. The molecule has 12 amide bonds. The second kappa shape index (κ2) is 41.7. The van der Waals surface area contributed by atoms with Gasteiger partial charge in [0.05, 0.1) is 6.61 Å². The number of hydrogen-bond acceptors (Lipinski definition) is 17. The number of unbranched alkanes of at least 4 members (excludes halogenated alkanes) is 1. The van der Waals surface area contributed by atoms with Gasteiger partial charge in [0.2, 0.25) is 59.1 Å². The molecule has 6 aromatic rings. The van der Waals surface area contributed by atoms with Crippen LogP contribution in [0.1, 0.15) is 120 Å². The van der Waals surface area contributed by atoms with E-state index in [1.807, 2.05) is 56.3 Å².